The van der Waals surface area contributed by atoms with Gasteiger partial charge >= 0.3 is 0 Å². The molecule has 0 bridgehead atoms. The van der Waals surface area contributed by atoms with Gasteiger partial charge < -0.3 is 19.7 Å². The molecule has 1 N–H and O–H groups in total. The second kappa shape index (κ2) is 13.3. The first-order valence-corrected chi connectivity index (χ1v) is 13.6. The van der Waals surface area contributed by atoms with Gasteiger partial charge in [0, 0.05) is 55.0 Å². The highest BCUT2D eigenvalue weighted by Crippen LogP contribution is 2.17. The largest absolute Gasteiger partial charge is 0.375 e. The Hall–Kier alpha value is -3.28. The van der Waals surface area contributed by atoms with E-state index < -0.39 is 0 Å². The lowest BCUT2D eigenvalue weighted by atomic mass is 10.1. The Balaban J connectivity index is 1.46. The Morgan fingerprint density at radius 2 is 1.68 bits per heavy atom. The van der Waals surface area contributed by atoms with Crippen LogP contribution in [0.15, 0.2) is 97.2 Å². The quantitative estimate of drug-likeness (QED) is 0.203. The number of rotatable bonds is 11. The molecule has 0 saturated carbocycles. The van der Waals surface area contributed by atoms with Crippen molar-refractivity contribution in [1.29, 1.82) is 0 Å². The molecule has 1 heterocycles. The Bertz CT molecular complexity index is 1270. The van der Waals surface area contributed by atoms with Crippen LogP contribution in [0, 0.1) is 0 Å². The molecule has 0 unspecified atom stereocenters. The average Bonchev–Trinajstić information content (AvgIpc) is 3.36. The zero-order valence-electron chi connectivity index (χ0n) is 21.6. The molecule has 0 aliphatic carbocycles. The van der Waals surface area contributed by atoms with Gasteiger partial charge in [0.2, 0.25) is 0 Å². The van der Waals surface area contributed by atoms with Crippen LogP contribution >= 0.6 is 23.8 Å². The predicted molar refractivity (Wildman–Crippen MR) is 162 cm³/mol. The van der Waals surface area contributed by atoms with Crippen LogP contribution in [0.4, 0.5) is 11.4 Å². The summed E-state index contributed by atoms with van der Waals surface area (Å²) in [5, 5.41) is 5.00. The number of aromatic nitrogens is 1. The molecule has 0 amide bonds. The maximum absolute atomic E-state index is 6.09. The van der Waals surface area contributed by atoms with E-state index in [2.05, 4.69) is 119 Å². The first-order valence-electron chi connectivity index (χ1n) is 12.8. The van der Waals surface area contributed by atoms with E-state index in [0.29, 0.717) is 0 Å². The van der Waals surface area contributed by atoms with E-state index in [1.165, 1.54) is 22.5 Å². The molecule has 0 atom stereocenters. The fourth-order valence-electron chi connectivity index (χ4n) is 4.36. The first-order chi connectivity index (χ1) is 18.0. The molecule has 6 heteroatoms. The number of hydrogen-bond acceptors (Lipinski definition) is 2. The topological polar surface area (TPSA) is 23.4 Å². The molecule has 4 rings (SSSR count). The molecule has 0 fully saturated rings. The number of aryl methyl sites for hydroxylation is 1. The van der Waals surface area contributed by atoms with E-state index in [1.807, 2.05) is 12.1 Å². The second-order valence-corrected chi connectivity index (χ2v) is 10.1. The highest BCUT2D eigenvalue weighted by atomic mass is 35.5. The van der Waals surface area contributed by atoms with Crippen LogP contribution in [0.2, 0.25) is 5.02 Å². The van der Waals surface area contributed by atoms with Gasteiger partial charge in [0.15, 0.2) is 5.11 Å². The van der Waals surface area contributed by atoms with Crippen molar-refractivity contribution in [2.45, 2.75) is 32.9 Å². The van der Waals surface area contributed by atoms with Crippen molar-refractivity contribution < 1.29 is 0 Å². The lowest BCUT2D eigenvalue weighted by Gasteiger charge is -2.28. The summed E-state index contributed by atoms with van der Waals surface area (Å²) in [6.45, 7) is 5.49. The summed E-state index contributed by atoms with van der Waals surface area (Å²) in [5.74, 6) is 0. The molecule has 1 aromatic heterocycles. The van der Waals surface area contributed by atoms with Gasteiger partial charge in [-0.15, -0.1) is 0 Å². The summed E-state index contributed by atoms with van der Waals surface area (Å²) in [7, 11) is 2.14. The summed E-state index contributed by atoms with van der Waals surface area (Å²) >= 11 is 12.0. The summed E-state index contributed by atoms with van der Waals surface area (Å²) in [6, 6.07) is 31.3. The summed E-state index contributed by atoms with van der Waals surface area (Å²) in [4.78, 5) is 4.57. The van der Waals surface area contributed by atoms with E-state index in [4.69, 9.17) is 23.8 Å². The first kappa shape index (κ1) is 26.8. The molecule has 0 saturated heterocycles. The van der Waals surface area contributed by atoms with Gasteiger partial charge in [0.25, 0.3) is 0 Å². The van der Waals surface area contributed by atoms with Gasteiger partial charge in [-0.05, 0) is 84.7 Å². The van der Waals surface area contributed by atoms with Gasteiger partial charge in [-0.25, -0.2) is 0 Å². The number of nitrogens with zero attached hydrogens (tertiary/aromatic N) is 3. The van der Waals surface area contributed by atoms with Gasteiger partial charge in [-0.3, -0.25) is 0 Å². The molecule has 4 nitrogen and oxygen atoms in total. The van der Waals surface area contributed by atoms with Gasteiger partial charge in [0.1, 0.15) is 0 Å². The molecule has 0 aliphatic rings. The summed E-state index contributed by atoms with van der Waals surface area (Å²) < 4.78 is 2.28. The maximum atomic E-state index is 6.09. The van der Waals surface area contributed by atoms with E-state index in [0.717, 1.165) is 54.8 Å². The van der Waals surface area contributed by atoms with Crippen LogP contribution in [-0.2, 0) is 19.5 Å². The van der Waals surface area contributed by atoms with E-state index in [1.54, 1.807) is 0 Å². The van der Waals surface area contributed by atoms with Crippen LogP contribution in [-0.4, -0.2) is 34.7 Å². The fraction of sp³-hybridized carbons (Fsp3) is 0.258. The molecule has 0 spiro atoms. The number of halogens is 1. The Morgan fingerprint density at radius 3 is 2.43 bits per heavy atom. The minimum atomic E-state index is 0.731. The Kier molecular flexibility index (Phi) is 9.64. The van der Waals surface area contributed by atoms with Crippen molar-refractivity contribution in [3.05, 3.63) is 119 Å². The second-order valence-electron chi connectivity index (χ2n) is 9.27. The van der Waals surface area contributed by atoms with Crippen molar-refractivity contribution in [2.24, 2.45) is 0 Å². The number of benzene rings is 3. The number of anilines is 2. The van der Waals surface area contributed by atoms with Crippen molar-refractivity contribution in [3.63, 3.8) is 0 Å². The van der Waals surface area contributed by atoms with Crippen LogP contribution in [0.3, 0.4) is 0 Å². The SMILES string of the molecule is CCc1cccc(NC(=S)N(CCCN(C)c2ccccc2)Cc2cccn2Cc2ccc(Cl)cc2)c1. The van der Waals surface area contributed by atoms with Crippen LogP contribution < -0.4 is 10.2 Å². The molecule has 192 valence electrons. The van der Waals surface area contributed by atoms with Gasteiger partial charge in [-0.2, -0.15) is 0 Å². The fourth-order valence-corrected chi connectivity index (χ4v) is 4.76. The predicted octanol–water partition coefficient (Wildman–Crippen LogP) is 7.48. The molecule has 4 aromatic rings. The normalized spacial score (nSPS) is 10.8. The maximum Gasteiger partial charge on any atom is 0.173 e. The smallest absolute Gasteiger partial charge is 0.173 e. The highest BCUT2D eigenvalue weighted by molar-refractivity contribution is 7.80. The highest BCUT2D eigenvalue weighted by Gasteiger charge is 2.14. The minimum Gasteiger partial charge on any atom is -0.375 e. The molecule has 0 radical (unpaired) electrons. The van der Waals surface area contributed by atoms with E-state index in [-0.39, 0.29) is 0 Å². The Labute approximate surface area is 231 Å². The van der Waals surface area contributed by atoms with Gasteiger partial charge in [0.05, 0.1) is 6.54 Å². The van der Waals surface area contributed by atoms with E-state index in [9.17, 15) is 0 Å². The molecular formula is C31H35ClN4S. The van der Waals surface area contributed by atoms with Crippen molar-refractivity contribution in [1.82, 2.24) is 9.47 Å². The summed E-state index contributed by atoms with van der Waals surface area (Å²) in [6.07, 6.45) is 4.11. The molecule has 3 aromatic carbocycles. The van der Waals surface area contributed by atoms with Crippen molar-refractivity contribution in [2.75, 3.05) is 30.4 Å². The van der Waals surface area contributed by atoms with Crippen molar-refractivity contribution in [3.8, 4) is 0 Å². The van der Waals surface area contributed by atoms with Crippen LogP contribution in [0.1, 0.15) is 30.2 Å². The van der Waals surface area contributed by atoms with Gasteiger partial charge in [-0.1, -0.05) is 61.0 Å². The zero-order valence-corrected chi connectivity index (χ0v) is 23.2. The molecule has 0 aliphatic heterocycles. The standard InChI is InChI=1S/C31H35ClN4S/c1-3-25-10-7-11-28(22-25)33-31(37)36(21-9-19-34(2)29-12-5-4-6-13-29)24-30-14-8-20-35(30)23-26-15-17-27(32)18-16-26/h4-8,10-18,20,22H,3,9,19,21,23-24H2,1-2H3,(H,33,37). The number of nitrogens with one attached hydrogen (secondary N) is 1. The third-order valence-corrected chi connectivity index (χ3v) is 7.15. The zero-order chi connectivity index (χ0) is 26.0. The number of para-hydroxylation sites is 1. The lowest BCUT2D eigenvalue weighted by molar-refractivity contribution is 0.399. The molecule has 37 heavy (non-hydrogen) atoms. The lowest BCUT2D eigenvalue weighted by Crippen LogP contribution is -2.37. The van der Waals surface area contributed by atoms with Crippen molar-refractivity contribution >= 4 is 40.3 Å². The number of thiocarbonyl (C=S) groups is 1. The van der Waals surface area contributed by atoms with Crippen LogP contribution in [0.5, 0.6) is 0 Å². The summed E-state index contributed by atoms with van der Waals surface area (Å²) in [5.41, 5.74) is 5.99. The third-order valence-electron chi connectivity index (χ3n) is 6.53. The van der Waals surface area contributed by atoms with Crippen LogP contribution in [0.25, 0.3) is 0 Å². The monoisotopic (exact) mass is 530 g/mol. The average molecular weight is 531 g/mol. The minimum absolute atomic E-state index is 0.731. The third kappa shape index (κ3) is 7.85. The molecular weight excluding hydrogens is 496 g/mol. The van der Waals surface area contributed by atoms with E-state index >= 15 is 0 Å². The Morgan fingerprint density at radius 1 is 0.892 bits per heavy atom. The number of hydrogen-bond donors (Lipinski definition) is 1.